The first kappa shape index (κ1) is 40.9. The lowest BCUT2D eigenvalue weighted by Crippen LogP contribution is -2.52. The molecule has 0 bridgehead atoms. The third kappa shape index (κ3) is 8.94. The number of phenols is 2. The van der Waals surface area contributed by atoms with E-state index >= 15 is 0 Å². The number of anilines is 2. The van der Waals surface area contributed by atoms with Crippen molar-refractivity contribution < 1.29 is 43.7 Å². The van der Waals surface area contributed by atoms with Crippen LogP contribution in [0.15, 0.2) is 60.8 Å². The average Bonchev–Trinajstić information content (AvgIpc) is 3.73. The van der Waals surface area contributed by atoms with Gasteiger partial charge in [-0.15, -0.1) is 0 Å². The Morgan fingerprint density at radius 1 is 1.02 bits per heavy atom. The van der Waals surface area contributed by atoms with Crippen molar-refractivity contribution in [3.8, 4) is 11.5 Å². The predicted octanol–water partition coefficient (Wildman–Crippen LogP) is 3.79. The summed E-state index contributed by atoms with van der Waals surface area (Å²) in [6, 6.07) is 12.9. The van der Waals surface area contributed by atoms with E-state index in [2.05, 4.69) is 16.0 Å². The van der Waals surface area contributed by atoms with Crippen LogP contribution in [0.1, 0.15) is 78.9 Å². The van der Waals surface area contributed by atoms with E-state index in [1.54, 1.807) is 36.4 Å². The molecule has 1 saturated heterocycles. The molecule has 1 unspecified atom stereocenters. The molecule has 0 aliphatic carbocycles. The fourth-order valence-corrected chi connectivity index (χ4v) is 7.20. The van der Waals surface area contributed by atoms with Crippen LogP contribution in [0.4, 0.5) is 16.2 Å². The lowest BCUT2D eigenvalue weighted by atomic mass is 9.98. The van der Waals surface area contributed by atoms with Gasteiger partial charge in [-0.25, -0.2) is 9.69 Å². The van der Waals surface area contributed by atoms with Crippen molar-refractivity contribution in [1.29, 1.82) is 5.41 Å². The standard InChI is InChI=1S/C41H46N8O9/c1-23(2)27-20-28(34(51)21-33(27)50)38(42)49(41(43)57)25-9-10-31-24(19-25)13-15-47(31)16-18-58-17-14-44-35(52)7-4-8-36(53)45-30-6-3-5-26-29(30)22-48(40(26)56)32-11-12-37(54)46-39(32)55/h3,5-6,9-10,13,15,19-21,23,32,42,50-51H,4,7-8,11-12,14,16-18,22H2,1-2H3,(H2,43,57)(H,44,52)(H,45,53)(H,46,54,55). The van der Waals surface area contributed by atoms with E-state index in [4.69, 9.17) is 15.9 Å². The normalized spacial score (nSPS) is 15.1. The number of rotatable bonds is 15. The summed E-state index contributed by atoms with van der Waals surface area (Å²) in [6.45, 7) is 5.22. The van der Waals surface area contributed by atoms with Crippen LogP contribution in [0.25, 0.3) is 10.9 Å². The molecule has 7 amide bonds. The zero-order valence-corrected chi connectivity index (χ0v) is 32.2. The molecule has 17 heteroatoms. The first-order valence-corrected chi connectivity index (χ1v) is 19.0. The molecule has 2 aliphatic heterocycles. The maximum atomic E-state index is 13.1. The monoisotopic (exact) mass is 794 g/mol. The molecule has 1 atom stereocenters. The molecule has 17 nitrogen and oxygen atoms in total. The van der Waals surface area contributed by atoms with Crippen LogP contribution in [0, 0.1) is 5.41 Å². The zero-order chi connectivity index (χ0) is 41.7. The van der Waals surface area contributed by atoms with Crippen LogP contribution in [0.5, 0.6) is 11.5 Å². The molecule has 1 aromatic heterocycles. The lowest BCUT2D eigenvalue weighted by Gasteiger charge is -2.29. The Morgan fingerprint density at radius 2 is 1.79 bits per heavy atom. The Morgan fingerprint density at radius 3 is 2.53 bits per heavy atom. The summed E-state index contributed by atoms with van der Waals surface area (Å²) in [7, 11) is 0. The van der Waals surface area contributed by atoms with Crippen molar-refractivity contribution in [2.24, 2.45) is 5.73 Å². The largest absolute Gasteiger partial charge is 0.508 e. The summed E-state index contributed by atoms with van der Waals surface area (Å²) < 4.78 is 7.69. The van der Waals surface area contributed by atoms with E-state index in [1.807, 2.05) is 30.7 Å². The average molecular weight is 795 g/mol. The number of piperidine rings is 1. The Kier molecular flexibility index (Phi) is 12.4. The van der Waals surface area contributed by atoms with Gasteiger partial charge in [0.15, 0.2) is 0 Å². The number of aromatic nitrogens is 1. The van der Waals surface area contributed by atoms with E-state index in [1.165, 1.54) is 11.0 Å². The molecule has 8 N–H and O–H groups in total. The maximum Gasteiger partial charge on any atom is 0.325 e. The number of hydrogen-bond acceptors (Lipinski definition) is 10. The van der Waals surface area contributed by atoms with Crippen LogP contribution in [-0.2, 0) is 37.0 Å². The number of imide groups is 1. The number of aromatic hydroxyl groups is 2. The second-order valence-corrected chi connectivity index (χ2v) is 14.5. The molecule has 58 heavy (non-hydrogen) atoms. The van der Waals surface area contributed by atoms with Crippen molar-refractivity contribution in [3.63, 3.8) is 0 Å². The Balaban J connectivity index is 0.915. The van der Waals surface area contributed by atoms with Gasteiger partial charge in [-0.1, -0.05) is 19.9 Å². The van der Waals surface area contributed by atoms with Gasteiger partial charge < -0.3 is 40.8 Å². The van der Waals surface area contributed by atoms with E-state index in [9.17, 15) is 39.0 Å². The molecule has 6 rings (SSSR count). The Bertz CT molecular complexity index is 2300. The minimum Gasteiger partial charge on any atom is -0.508 e. The SMILES string of the molecule is CC(C)c1cc(C(=N)N(C(N)=O)c2ccc3c(ccn3CCOCCNC(=O)CCCC(=O)Nc3cccc4c3CN(C3CCC(=O)NC3=O)C4=O)c2)c(O)cc1O. The Hall–Kier alpha value is -6.75. The molecule has 2 aliphatic rings. The van der Waals surface area contributed by atoms with Gasteiger partial charge in [-0.05, 0) is 66.8 Å². The first-order chi connectivity index (χ1) is 27.7. The van der Waals surface area contributed by atoms with Gasteiger partial charge in [0.2, 0.25) is 23.6 Å². The van der Waals surface area contributed by atoms with Crippen molar-refractivity contribution >= 4 is 63.7 Å². The van der Waals surface area contributed by atoms with Crippen molar-refractivity contribution in [3.05, 3.63) is 83.0 Å². The number of nitrogens with one attached hydrogen (secondary N) is 4. The van der Waals surface area contributed by atoms with Crippen molar-refractivity contribution in [2.45, 2.75) is 71.0 Å². The second-order valence-electron chi connectivity index (χ2n) is 14.5. The van der Waals surface area contributed by atoms with E-state index < -0.39 is 18.0 Å². The third-order valence-corrected chi connectivity index (χ3v) is 10.2. The second kappa shape index (κ2) is 17.6. The van der Waals surface area contributed by atoms with Crippen LogP contribution >= 0.6 is 0 Å². The smallest absolute Gasteiger partial charge is 0.325 e. The van der Waals surface area contributed by atoms with Crippen LogP contribution in [0.2, 0.25) is 0 Å². The van der Waals surface area contributed by atoms with Gasteiger partial charge in [0.1, 0.15) is 23.4 Å². The van der Waals surface area contributed by atoms with Gasteiger partial charge in [0.25, 0.3) is 5.91 Å². The minimum absolute atomic E-state index is 0.0459. The van der Waals surface area contributed by atoms with Gasteiger partial charge in [0.05, 0.1) is 24.5 Å². The molecule has 0 spiro atoms. The highest BCUT2D eigenvalue weighted by atomic mass is 16.5. The highest BCUT2D eigenvalue weighted by Crippen LogP contribution is 2.35. The molecular formula is C41H46N8O9. The minimum atomic E-state index is -0.915. The zero-order valence-electron chi connectivity index (χ0n) is 32.2. The third-order valence-electron chi connectivity index (χ3n) is 10.2. The number of carbonyl (C=O) groups excluding carboxylic acids is 6. The number of amidine groups is 1. The number of phenolic OH excluding ortho intramolecular Hbond substituents is 2. The maximum absolute atomic E-state index is 13.1. The number of amides is 7. The van der Waals surface area contributed by atoms with Crippen molar-refractivity contribution in [1.82, 2.24) is 20.1 Å². The number of nitrogens with zero attached hydrogens (tertiary/aromatic N) is 3. The van der Waals surface area contributed by atoms with E-state index in [-0.39, 0.29) is 97.8 Å². The molecular weight excluding hydrogens is 748 g/mol. The summed E-state index contributed by atoms with van der Waals surface area (Å²) >= 11 is 0. The topological polar surface area (TPSA) is 249 Å². The number of ether oxygens (including phenoxy) is 1. The van der Waals surface area contributed by atoms with Gasteiger partial charge >= 0.3 is 6.03 Å². The van der Waals surface area contributed by atoms with E-state index in [0.29, 0.717) is 47.6 Å². The molecule has 304 valence electrons. The lowest BCUT2D eigenvalue weighted by molar-refractivity contribution is -0.137. The number of benzene rings is 3. The fraction of sp³-hybridized carbons (Fsp3) is 0.341. The first-order valence-electron chi connectivity index (χ1n) is 19.0. The number of hydrogen-bond donors (Lipinski definition) is 7. The summed E-state index contributed by atoms with van der Waals surface area (Å²) in [5.41, 5.74) is 8.87. The molecule has 0 radical (unpaired) electrons. The van der Waals surface area contributed by atoms with Gasteiger partial charge in [0, 0.05) is 78.9 Å². The predicted molar refractivity (Wildman–Crippen MR) is 213 cm³/mol. The van der Waals surface area contributed by atoms with Crippen LogP contribution in [0.3, 0.4) is 0 Å². The summed E-state index contributed by atoms with van der Waals surface area (Å²) in [5.74, 6) is -2.67. The van der Waals surface area contributed by atoms with Gasteiger partial charge in [-0.2, -0.15) is 0 Å². The number of fused-ring (bicyclic) bond motifs is 2. The molecule has 0 saturated carbocycles. The van der Waals surface area contributed by atoms with E-state index in [0.717, 1.165) is 21.9 Å². The number of nitrogens with two attached hydrogens (primary N) is 1. The number of primary amides is 1. The number of carbonyl (C=O) groups is 6. The highest BCUT2D eigenvalue weighted by Gasteiger charge is 2.40. The quantitative estimate of drug-likeness (QED) is 0.0400. The highest BCUT2D eigenvalue weighted by molar-refractivity contribution is 6.23. The van der Waals surface area contributed by atoms with Crippen LogP contribution < -0.4 is 26.6 Å². The molecule has 3 aromatic carbocycles. The van der Waals surface area contributed by atoms with Gasteiger partial charge in [-0.3, -0.25) is 34.7 Å². The number of urea groups is 1. The molecule has 4 aromatic rings. The summed E-state index contributed by atoms with van der Waals surface area (Å²) in [4.78, 5) is 77.1. The molecule has 1 fully saturated rings. The fourth-order valence-electron chi connectivity index (χ4n) is 7.20. The summed E-state index contributed by atoms with van der Waals surface area (Å²) in [5, 5.41) is 38.1. The van der Waals surface area contributed by atoms with Crippen molar-refractivity contribution in [2.75, 3.05) is 30.0 Å². The van der Waals surface area contributed by atoms with Crippen LogP contribution in [-0.4, -0.2) is 86.9 Å². The summed E-state index contributed by atoms with van der Waals surface area (Å²) in [6.07, 6.45) is 2.74. The Labute approximate surface area is 333 Å². The molecule has 3 heterocycles.